The molecule has 0 saturated heterocycles. The number of hydrogen-bond donors (Lipinski definition) is 2. The first-order chi connectivity index (χ1) is 10.0. The minimum atomic E-state index is -1.06. The van der Waals surface area contributed by atoms with Gasteiger partial charge in [0.1, 0.15) is 11.3 Å². The van der Waals surface area contributed by atoms with E-state index in [4.69, 9.17) is 9.52 Å². The lowest BCUT2D eigenvalue weighted by Gasteiger charge is -2.05. The summed E-state index contributed by atoms with van der Waals surface area (Å²) in [6.07, 6.45) is 0. The highest BCUT2D eigenvalue weighted by molar-refractivity contribution is 9.10. The first kappa shape index (κ1) is 13.6. The van der Waals surface area contributed by atoms with Gasteiger partial charge in [-0.2, -0.15) is 4.98 Å². The number of nitrogens with one attached hydrogen (secondary N) is 1. The van der Waals surface area contributed by atoms with Crippen LogP contribution in [0.1, 0.15) is 10.4 Å². The van der Waals surface area contributed by atoms with E-state index in [0.29, 0.717) is 15.6 Å². The van der Waals surface area contributed by atoms with Crippen molar-refractivity contribution in [2.75, 3.05) is 5.32 Å². The van der Waals surface area contributed by atoms with Gasteiger partial charge in [-0.1, -0.05) is 6.07 Å². The average Bonchev–Trinajstić information content (AvgIpc) is 2.84. The second-order valence-corrected chi connectivity index (χ2v) is 5.08. The number of nitrogens with zero attached hydrogens (tertiary/aromatic N) is 1. The fourth-order valence-electron chi connectivity index (χ4n) is 1.84. The molecule has 0 aliphatic heterocycles. The molecule has 0 atom stereocenters. The molecular weight excluding hydrogens is 343 g/mol. The summed E-state index contributed by atoms with van der Waals surface area (Å²) in [7, 11) is 0. The summed E-state index contributed by atoms with van der Waals surface area (Å²) in [5.74, 6) is -1.52. The van der Waals surface area contributed by atoms with E-state index in [0.717, 1.165) is 0 Å². The molecule has 0 fully saturated rings. The lowest BCUT2D eigenvalue weighted by atomic mass is 10.2. The normalized spacial score (nSPS) is 10.8. The fraction of sp³-hybridized carbons (Fsp3) is 0. The lowest BCUT2D eigenvalue weighted by Crippen LogP contribution is -1.94. The highest BCUT2D eigenvalue weighted by Gasteiger charge is 2.13. The smallest absolute Gasteiger partial charge is 0.335 e. The van der Waals surface area contributed by atoms with Crippen molar-refractivity contribution in [3.05, 3.63) is 52.3 Å². The van der Waals surface area contributed by atoms with Gasteiger partial charge in [0, 0.05) is 4.47 Å². The molecule has 0 spiro atoms. The molecule has 1 heterocycles. The molecular formula is C14H8BrFN2O3. The lowest BCUT2D eigenvalue weighted by molar-refractivity contribution is 0.0697. The molecule has 21 heavy (non-hydrogen) atoms. The summed E-state index contributed by atoms with van der Waals surface area (Å²) in [5.41, 5.74) is 1.08. The van der Waals surface area contributed by atoms with Gasteiger partial charge >= 0.3 is 5.97 Å². The topological polar surface area (TPSA) is 75.4 Å². The van der Waals surface area contributed by atoms with E-state index in [1.165, 1.54) is 24.3 Å². The van der Waals surface area contributed by atoms with Crippen molar-refractivity contribution in [2.24, 2.45) is 0 Å². The Morgan fingerprint density at radius 3 is 2.86 bits per heavy atom. The van der Waals surface area contributed by atoms with Crippen molar-refractivity contribution in [3.63, 3.8) is 0 Å². The second-order valence-electron chi connectivity index (χ2n) is 4.23. The number of benzene rings is 2. The summed E-state index contributed by atoms with van der Waals surface area (Å²) in [6, 6.07) is 8.95. The van der Waals surface area contributed by atoms with E-state index in [9.17, 15) is 9.18 Å². The zero-order chi connectivity index (χ0) is 15.0. The molecule has 0 aliphatic carbocycles. The number of aromatic nitrogens is 1. The van der Waals surface area contributed by atoms with E-state index in [1.807, 2.05) is 0 Å². The van der Waals surface area contributed by atoms with Crippen LogP contribution in [0, 0.1) is 5.82 Å². The zero-order valence-corrected chi connectivity index (χ0v) is 12.0. The van der Waals surface area contributed by atoms with E-state index in [2.05, 4.69) is 26.2 Å². The van der Waals surface area contributed by atoms with Gasteiger partial charge in [0.2, 0.25) is 0 Å². The van der Waals surface area contributed by atoms with Crippen LogP contribution in [0.5, 0.6) is 0 Å². The van der Waals surface area contributed by atoms with Crippen LogP contribution in [0.2, 0.25) is 0 Å². The Labute approximate surface area is 126 Å². The minimum absolute atomic E-state index is 0.0818. The van der Waals surface area contributed by atoms with Crippen LogP contribution in [0.3, 0.4) is 0 Å². The maximum Gasteiger partial charge on any atom is 0.335 e. The maximum absolute atomic E-state index is 13.7. The van der Waals surface area contributed by atoms with Crippen LogP contribution in [0.25, 0.3) is 11.1 Å². The zero-order valence-electron chi connectivity index (χ0n) is 10.4. The van der Waals surface area contributed by atoms with Gasteiger partial charge in [-0.05, 0) is 46.3 Å². The summed E-state index contributed by atoms with van der Waals surface area (Å²) in [4.78, 5) is 15.0. The summed E-state index contributed by atoms with van der Waals surface area (Å²) >= 11 is 3.23. The molecule has 2 N–H and O–H groups in total. The van der Waals surface area contributed by atoms with E-state index >= 15 is 0 Å². The summed E-state index contributed by atoms with van der Waals surface area (Å²) in [6.45, 7) is 0. The monoisotopic (exact) mass is 350 g/mol. The largest absolute Gasteiger partial charge is 0.478 e. The molecule has 0 radical (unpaired) electrons. The molecule has 0 aliphatic rings. The molecule has 0 bridgehead atoms. The van der Waals surface area contributed by atoms with Gasteiger partial charge in [0.25, 0.3) is 6.01 Å². The first-order valence-corrected chi connectivity index (χ1v) is 6.69. The average molecular weight is 351 g/mol. The third-order valence-electron chi connectivity index (χ3n) is 2.83. The van der Waals surface area contributed by atoms with Gasteiger partial charge in [0.15, 0.2) is 5.58 Å². The minimum Gasteiger partial charge on any atom is -0.478 e. The Morgan fingerprint density at radius 1 is 1.33 bits per heavy atom. The van der Waals surface area contributed by atoms with Crippen LogP contribution < -0.4 is 5.32 Å². The SMILES string of the molecule is O=C(O)c1ccc2nc(Nc3c(F)cccc3Br)oc2c1. The van der Waals surface area contributed by atoms with Gasteiger partial charge in [-0.25, -0.2) is 9.18 Å². The first-order valence-electron chi connectivity index (χ1n) is 5.89. The van der Waals surface area contributed by atoms with Crippen molar-refractivity contribution >= 4 is 44.7 Å². The number of oxazole rings is 1. The summed E-state index contributed by atoms with van der Waals surface area (Å²) < 4.78 is 19.6. The van der Waals surface area contributed by atoms with Crippen molar-refractivity contribution < 1.29 is 18.7 Å². The Hall–Kier alpha value is -2.41. The van der Waals surface area contributed by atoms with Gasteiger partial charge in [0.05, 0.1) is 11.3 Å². The molecule has 3 rings (SSSR count). The standard InChI is InChI=1S/C14H8BrFN2O3/c15-8-2-1-3-9(16)12(8)18-14-17-10-5-4-7(13(19)20)6-11(10)21-14/h1-6H,(H,17,18)(H,19,20). The molecule has 0 amide bonds. The number of anilines is 2. The second kappa shape index (κ2) is 5.17. The van der Waals surface area contributed by atoms with Gasteiger partial charge < -0.3 is 14.8 Å². The van der Waals surface area contributed by atoms with Crippen LogP contribution in [-0.4, -0.2) is 16.1 Å². The highest BCUT2D eigenvalue weighted by atomic mass is 79.9. The summed E-state index contributed by atoms with van der Waals surface area (Å²) in [5, 5.41) is 11.7. The fourth-order valence-corrected chi connectivity index (χ4v) is 2.28. The van der Waals surface area contributed by atoms with Crippen molar-refractivity contribution in [1.29, 1.82) is 0 Å². The number of carboxylic acids is 1. The van der Waals surface area contributed by atoms with Gasteiger partial charge in [-0.15, -0.1) is 0 Å². The van der Waals surface area contributed by atoms with E-state index in [1.54, 1.807) is 12.1 Å². The molecule has 106 valence electrons. The molecule has 0 unspecified atom stereocenters. The van der Waals surface area contributed by atoms with Crippen LogP contribution in [0.4, 0.5) is 16.1 Å². The van der Waals surface area contributed by atoms with E-state index < -0.39 is 11.8 Å². The quantitative estimate of drug-likeness (QED) is 0.741. The Kier molecular flexibility index (Phi) is 3.34. The molecule has 0 saturated carbocycles. The van der Waals surface area contributed by atoms with E-state index in [-0.39, 0.29) is 17.3 Å². The maximum atomic E-state index is 13.7. The Bertz CT molecular complexity index is 827. The number of halogens is 2. The van der Waals surface area contributed by atoms with Crippen molar-refractivity contribution in [1.82, 2.24) is 4.98 Å². The van der Waals surface area contributed by atoms with Crippen LogP contribution in [-0.2, 0) is 0 Å². The highest BCUT2D eigenvalue weighted by Crippen LogP contribution is 2.29. The van der Waals surface area contributed by atoms with Crippen molar-refractivity contribution in [2.45, 2.75) is 0 Å². The number of para-hydroxylation sites is 1. The third kappa shape index (κ3) is 2.59. The number of hydrogen-bond acceptors (Lipinski definition) is 4. The number of carboxylic acid groups (broad SMARTS) is 1. The molecule has 1 aromatic heterocycles. The van der Waals surface area contributed by atoms with Crippen molar-refractivity contribution in [3.8, 4) is 0 Å². The molecule has 5 nitrogen and oxygen atoms in total. The number of rotatable bonds is 3. The Morgan fingerprint density at radius 2 is 2.14 bits per heavy atom. The molecule has 7 heteroatoms. The number of carbonyl (C=O) groups is 1. The van der Waals surface area contributed by atoms with Crippen LogP contribution >= 0.6 is 15.9 Å². The third-order valence-corrected chi connectivity index (χ3v) is 3.49. The predicted molar refractivity (Wildman–Crippen MR) is 78.4 cm³/mol. The Balaban J connectivity index is 2.00. The number of fused-ring (bicyclic) bond motifs is 1. The molecule has 2 aromatic carbocycles. The van der Waals surface area contributed by atoms with Gasteiger partial charge in [-0.3, -0.25) is 0 Å². The van der Waals surface area contributed by atoms with Crippen LogP contribution in [0.15, 0.2) is 45.3 Å². The number of aromatic carboxylic acids is 1. The molecule has 3 aromatic rings. The predicted octanol–water partition coefficient (Wildman–Crippen LogP) is 4.17.